The van der Waals surface area contributed by atoms with Crippen molar-refractivity contribution in [3.63, 3.8) is 0 Å². The van der Waals surface area contributed by atoms with Gasteiger partial charge in [-0.15, -0.1) is 0 Å². The number of rotatable bonds is 2. The number of allylic oxidation sites excluding steroid dienone is 2. The van der Waals surface area contributed by atoms with E-state index in [1.54, 1.807) is 0 Å². The van der Waals surface area contributed by atoms with Gasteiger partial charge in [-0.1, -0.05) is 57.1 Å². The Balaban J connectivity index is 2.49. The first-order valence-electron chi connectivity index (χ1n) is 9.55. The highest BCUT2D eigenvalue weighted by Gasteiger charge is 2.22. The molecule has 0 heterocycles. The highest BCUT2D eigenvalue weighted by molar-refractivity contribution is 7.86. The largest absolute Gasteiger partial charge is 0.297 e. The van der Waals surface area contributed by atoms with E-state index in [0.717, 1.165) is 57.6 Å². The van der Waals surface area contributed by atoms with Crippen LogP contribution in [0.3, 0.4) is 0 Å². The van der Waals surface area contributed by atoms with Gasteiger partial charge in [-0.2, -0.15) is 8.42 Å². The average Bonchev–Trinajstić information content (AvgIpc) is 2.51. The molecular weight excluding hydrogens is 324 g/mol. The molecule has 0 radical (unpaired) electrons. The summed E-state index contributed by atoms with van der Waals surface area (Å²) in [5, 5.41) is 0. The lowest BCUT2D eigenvalue weighted by atomic mass is 10.0. The summed E-state index contributed by atoms with van der Waals surface area (Å²) in [5.41, 5.74) is 0. The van der Waals surface area contributed by atoms with Crippen molar-refractivity contribution in [3.05, 3.63) is 12.2 Å². The molecule has 1 aliphatic carbocycles. The fourth-order valence-electron chi connectivity index (χ4n) is 3.08. The van der Waals surface area contributed by atoms with Crippen LogP contribution < -0.4 is 0 Å². The average molecular weight is 359 g/mol. The Bertz CT molecular complexity index is 468. The number of hydrogen-bond donors (Lipinski definition) is 0. The van der Waals surface area contributed by atoms with Crippen LogP contribution in [0.4, 0.5) is 0 Å². The standard InChI is InChI=1S/C19H34O4S/c1-24(21,22)23-19-17-15-13-11-9-7-5-3-2-4-6-8-10-12-14-16-18(19)20/h2-3,19H,4-17H2,1H3. The van der Waals surface area contributed by atoms with E-state index in [2.05, 4.69) is 12.2 Å². The topological polar surface area (TPSA) is 60.4 Å². The van der Waals surface area contributed by atoms with E-state index in [0.29, 0.717) is 12.8 Å². The molecule has 0 N–H and O–H groups in total. The Morgan fingerprint density at radius 2 is 1.33 bits per heavy atom. The molecular formula is C19H34O4S. The summed E-state index contributed by atoms with van der Waals surface area (Å²) in [6.07, 6.45) is 18.9. The van der Waals surface area contributed by atoms with Gasteiger partial charge in [0, 0.05) is 6.42 Å². The third-order valence-electron chi connectivity index (χ3n) is 4.45. The van der Waals surface area contributed by atoms with Gasteiger partial charge >= 0.3 is 0 Å². The fraction of sp³-hybridized carbons (Fsp3) is 0.842. The van der Waals surface area contributed by atoms with Crippen molar-refractivity contribution in [1.29, 1.82) is 0 Å². The summed E-state index contributed by atoms with van der Waals surface area (Å²) in [6.45, 7) is 0. The number of carbonyl (C=O) groups is 1. The molecule has 1 aliphatic rings. The summed E-state index contributed by atoms with van der Waals surface area (Å²) in [6, 6.07) is 0. The van der Waals surface area contributed by atoms with Gasteiger partial charge in [-0.05, 0) is 38.5 Å². The molecule has 0 bridgehead atoms. The molecule has 0 aromatic heterocycles. The molecule has 0 fully saturated rings. The summed E-state index contributed by atoms with van der Waals surface area (Å²) < 4.78 is 27.8. The molecule has 0 aromatic carbocycles. The van der Waals surface area contributed by atoms with Gasteiger partial charge in [0.2, 0.25) is 0 Å². The second kappa shape index (κ2) is 12.6. The molecule has 1 unspecified atom stereocenters. The Hall–Kier alpha value is -0.680. The predicted molar refractivity (Wildman–Crippen MR) is 98.5 cm³/mol. The van der Waals surface area contributed by atoms with Crippen molar-refractivity contribution < 1.29 is 17.4 Å². The van der Waals surface area contributed by atoms with Gasteiger partial charge < -0.3 is 0 Å². The lowest BCUT2D eigenvalue weighted by molar-refractivity contribution is -0.126. The minimum Gasteiger partial charge on any atom is -0.297 e. The zero-order valence-electron chi connectivity index (χ0n) is 15.2. The number of Topliss-reactive ketones (excluding diaryl/α,β-unsaturated/α-hetero) is 1. The lowest BCUT2D eigenvalue weighted by Gasteiger charge is -2.15. The molecule has 5 heteroatoms. The summed E-state index contributed by atoms with van der Waals surface area (Å²) in [7, 11) is -3.58. The fourth-order valence-corrected chi connectivity index (χ4v) is 3.71. The van der Waals surface area contributed by atoms with Crippen molar-refractivity contribution in [3.8, 4) is 0 Å². The maximum atomic E-state index is 12.3. The second-order valence-electron chi connectivity index (χ2n) is 6.88. The zero-order chi connectivity index (χ0) is 17.7. The highest BCUT2D eigenvalue weighted by atomic mass is 32.2. The Morgan fingerprint density at radius 3 is 1.92 bits per heavy atom. The van der Waals surface area contributed by atoms with Crippen LogP contribution in [0.2, 0.25) is 0 Å². The Labute approximate surface area is 148 Å². The Kier molecular flexibility index (Phi) is 11.3. The monoisotopic (exact) mass is 358 g/mol. The minimum absolute atomic E-state index is 0.0514. The molecule has 0 aromatic rings. The molecule has 0 amide bonds. The third-order valence-corrected chi connectivity index (χ3v) is 5.03. The zero-order valence-corrected chi connectivity index (χ0v) is 16.0. The van der Waals surface area contributed by atoms with Crippen molar-refractivity contribution in [1.82, 2.24) is 0 Å². The lowest BCUT2D eigenvalue weighted by Crippen LogP contribution is -2.27. The van der Waals surface area contributed by atoms with Crippen molar-refractivity contribution in [2.45, 2.75) is 96.0 Å². The molecule has 0 saturated carbocycles. The van der Waals surface area contributed by atoms with E-state index < -0.39 is 16.2 Å². The molecule has 140 valence electrons. The molecule has 0 spiro atoms. The van der Waals surface area contributed by atoms with Gasteiger partial charge in [0.05, 0.1) is 6.26 Å². The van der Waals surface area contributed by atoms with Crippen LogP contribution in [0.25, 0.3) is 0 Å². The van der Waals surface area contributed by atoms with Crippen LogP contribution in [0.1, 0.15) is 89.9 Å². The maximum Gasteiger partial charge on any atom is 0.265 e. The Morgan fingerprint density at radius 1 is 0.833 bits per heavy atom. The summed E-state index contributed by atoms with van der Waals surface area (Å²) >= 11 is 0. The van der Waals surface area contributed by atoms with E-state index in [1.165, 1.54) is 25.7 Å². The van der Waals surface area contributed by atoms with E-state index in [9.17, 15) is 13.2 Å². The SMILES string of the molecule is CS(=O)(=O)OC1CCCCCCCC=CCCCCCCCC1=O. The van der Waals surface area contributed by atoms with Crippen molar-refractivity contribution in [2.75, 3.05) is 6.26 Å². The van der Waals surface area contributed by atoms with Gasteiger partial charge in [-0.3, -0.25) is 8.98 Å². The normalized spacial score (nSPS) is 24.2. The summed E-state index contributed by atoms with van der Waals surface area (Å²) in [5.74, 6) is -0.0514. The molecule has 24 heavy (non-hydrogen) atoms. The van der Waals surface area contributed by atoms with E-state index in [4.69, 9.17) is 4.18 Å². The van der Waals surface area contributed by atoms with E-state index >= 15 is 0 Å². The van der Waals surface area contributed by atoms with Gasteiger partial charge in [0.25, 0.3) is 10.1 Å². The number of hydrogen-bond acceptors (Lipinski definition) is 4. The first-order chi connectivity index (χ1) is 11.5. The van der Waals surface area contributed by atoms with Crippen LogP contribution in [-0.4, -0.2) is 26.6 Å². The van der Waals surface area contributed by atoms with Crippen LogP contribution >= 0.6 is 0 Å². The summed E-state index contributed by atoms with van der Waals surface area (Å²) in [4.78, 5) is 12.3. The minimum atomic E-state index is -3.58. The first kappa shape index (κ1) is 21.4. The van der Waals surface area contributed by atoms with Crippen LogP contribution in [-0.2, 0) is 19.1 Å². The van der Waals surface area contributed by atoms with Crippen molar-refractivity contribution in [2.24, 2.45) is 0 Å². The van der Waals surface area contributed by atoms with Crippen LogP contribution in [0.5, 0.6) is 0 Å². The predicted octanol–water partition coefficient (Wildman–Crippen LogP) is 4.93. The van der Waals surface area contributed by atoms with Gasteiger partial charge in [-0.25, -0.2) is 0 Å². The third kappa shape index (κ3) is 11.8. The maximum absolute atomic E-state index is 12.3. The molecule has 1 rings (SSSR count). The number of carbonyl (C=O) groups excluding carboxylic acids is 1. The second-order valence-corrected chi connectivity index (χ2v) is 8.48. The van der Waals surface area contributed by atoms with Gasteiger partial charge in [0.1, 0.15) is 6.10 Å². The molecule has 1 atom stereocenters. The van der Waals surface area contributed by atoms with Crippen molar-refractivity contribution >= 4 is 15.9 Å². The van der Waals surface area contributed by atoms with E-state index in [1.807, 2.05) is 0 Å². The van der Waals surface area contributed by atoms with Crippen LogP contribution in [0.15, 0.2) is 12.2 Å². The highest BCUT2D eigenvalue weighted by Crippen LogP contribution is 2.16. The van der Waals surface area contributed by atoms with Crippen LogP contribution in [0, 0.1) is 0 Å². The molecule has 0 saturated heterocycles. The van der Waals surface area contributed by atoms with Gasteiger partial charge in [0.15, 0.2) is 5.78 Å². The smallest absolute Gasteiger partial charge is 0.265 e. The molecule has 4 nitrogen and oxygen atoms in total. The number of ketones is 1. The quantitative estimate of drug-likeness (QED) is 0.518. The van der Waals surface area contributed by atoms with E-state index in [-0.39, 0.29) is 5.78 Å². The molecule has 0 aliphatic heterocycles. The first-order valence-corrected chi connectivity index (χ1v) is 11.4.